The lowest BCUT2D eigenvalue weighted by Gasteiger charge is -2.38. The van der Waals surface area contributed by atoms with Crippen molar-refractivity contribution in [2.45, 2.75) is 13.3 Å². The molecule has 0 saturated carbocycles. The van der Waals surface area contributed by atoms with Gasteiger partial charge in [-0.05, 0) is 36.6 Å². The first-order valence-electron chi connectivity index (χ1n) is 8.87. The van der Waals surface area contributed by atoms with Crippen molar-refractivity contribution >= 4 is 11.6 Å². The molecule has 5 nitrogen and oxygen atoms in total. The monoisotopic (exact) mass is 337 g/mol. The van der Waals surface area contributed by atoms with Gasteiger partial charge in [-0.1, -0.05) is 18.2 Å². The molecule has 1 aromatic heterocycles. The van der Waals surface area contributed by atoms with Crippen LogP contribution < -0.4 is 9.64 Å². The number of rotatable bonds is 2. The van der Waals surface area contributed by atoms with E-state index in [-0.39, 0.29) is 11.8 Å². The third-order valence-electron chi connectivity index (χ3n) is 5.15. The Morgan fingerprint density at radius 3 is 2.76 bits per heavy atom. The summed E-state index contributed by atoms with van der Waals surface area (Å²) in [6.45, 7) is 5.81. The summed E-state index contributed by atoms with van der Waals surface area (Å²) in [5, 5.41) is 0. The smallest absolute Gasteiger partial charge is 0.229 e. The van der Waals surface area contributed by atoms with Crippen LogP contribution in [-0.4, -0.2) is 48.6 Å². The van der Waals surface area contributed by atoms with Crippen LogP contribution >= 0.6 is 0 Å². The molecule has 130 valence electrons. The van der Waals surface area contributed by atoms with Gasteiger partial charge in [-0.15, -0.1) is 0 Å². The molecule has 0 N–H and O–H groups in total. The molecular formula is C20H23N3O2. The maximum absolute atomic E-state index is 12.9. The molecule has 1 aromatic carbocycles. The van der Waals surface area contributed by atoms with Crippen LogP contribution in [0.2, 0.25) is 0 Å². The number of aromatic nitrogens is 1. The Kier molecular flexibility index (Phi) is 4.30. The number of piperazine rings is 1. The van der Waals surface area contributed by atoms with Gasteiger partial charge >= 0.3 is 0 Å². The normalized spacial score (nSPS) is 20.0. The number of anilines is 1. The van der Waals surface area contributed by atoms with E-state index in [1.807, 2.05) is 35.5 Å². The van der Waals surface area contributed by atoms with Gasteiger partial charge in [0.15, 0.2) is 0 Å². The van der Waals surface area contributed by atoms with Crippen molar-refractivity contribution in [2.24, 2.45) is 5.92 Å². The lowest BCUT2D eigenvalue weighted by Crippen LogP contribution is -2.51. The first-order valence-corrected chi connectivity index (χ1v) is 8.87. The standard InChI is InChI=1S/C20H23N3O2/c1-15-13-21-7-6-18(15)22-8-10-23(11-9-22)20(24)17-12-16-4-2-3-5-19(16)25-14-17/h2-7,13,17H,8-12,14H2,1H3. The predicted molar refractivity (Wildman–Crippen MR) is 96.9 cm³/mol. The van der Waals surface area contributed by atoms with Gasteiger partial charge in [-0.2, -0.15) is 0 Å². The van der Waals surface area contributed by atoms with E-state index < -0.39 is 0 Å². The number of pyridine rings is 1. The largest absolute Gasteiger partial charge is 0.492 e. The fraction of sp³-hybridized carbons (Fsp3) is 0.400. The van der Waals surface area contributed by atoms with E-state index in [1.54, 1.807) is 0 Å². The third-order valence-corrected chi connectivity index (χ3v) is 5.15. The zero-order valence-electron chi connectivity index (χ0n) is 14.5. The minimum atomic E-state index is -0.0656. The summed E-state index contributed by atoms with van der Waals surface area (Å²) in [5.41, 5.74) is 3.54. The number of fused-ring (bicyclic) bond motifs is 1. The average molecular weight is 337 g/mol. The Morgan fingerprint density at radius 2 is 1.96 bits per heavy atom. The topological polar surface area (TPSA) is 45.7 Å². The zero-order chi connectivity index (χ0) is 17.2. The quantitative estimate of drug-likeness (QED) is 0.843. The van der Waals surface area contributed by atoms with Crippen molar-refractivity contribution in [2.75, 3.05) is 37.7 Å². The fourth-order valence-electron chi connectivity index (χ4n) is 3.73. The van der Waals surface area contributed by atoms with E-state index in [9.17, 15) is 4.79 Å². The molecule has 0 spiro atoms. The number of hydrogen-bond acceptors (Lipinski definition) is 4. The summed E-state index contributed by atoms with van der Waals surface area (Å²) in [6.07, 6.45) is 4.50. The van der Waals surface area contributed by atoms with Crippen molar-refractivity contribution < 1.29 is 9.53 Å². The summed E-state index contributed by atoms with van der Waals surface area (Å²) in [7, 11) is 0. The van der Waals surface area contributed by atoms with Gasteiger partial charge in [0.2, 0.25) is 5.91 Å². The lowest BCUT2D eigenvalue weighted by atomic mass is 9.95. The second-order valence-electron chi connectivity index (χ2n) is 6.79. The molecule has 0 radical (unpaired) electrons. The highest BCUT2D eigenvalue weighted by Gasteiger charge is 2.31. The third kappa shape index (κ3) is 3.18. The van der Waals surface area contributed by atoms with E-state index in [4.69, 9.17) is 4.74 Å². The highest BCUT2D eigenvalue weighted by molar-refractivity contribution is 5.80. The van der Waals surface area contributed by atoms with Gasteiger partial charge < -0.3 is 14.5 Å². The number of para-hydroxylation sites is 1. The average Bonchev–Trinajstić information content (AvgIpc) is 2.67. The van der Waals surface area contributed by atoms with Crippen LogP contribution in [0, 0.1) is 12.8 Å². The molecule has 3 heterocycles. The Morgan fingerprint density at radius 1 is 1.16 bits per heavy atom. The fourth-order valence-corrected chi connectivity index (χ4v) is 3.73. The zero-order valence-corrected chi connectivity index (χ0v) is 14.5. The van der Waals surface area contributed by atoms with Gasteiger partial charge in [-0.25, -0.2) is 0 Å². The number of amides is 1. The second kappa shape index (κ2) is 6.75. The predicted octanol–water partition coefficient (Wildman–Crippen LogP) is 2.29. The van der Waals surface area contributed by atoms with Crippen molar-refractivity contribution in [3.8, 4) is 5.75 Å². The number of aryl methyl sites for hydroxylation is 1. The first-order chi connectivity index (χ1) is 12.2. The maximum atomic E-state index is 12.9. The number of benzene rings is 1. The van der Waals surface area contributed by atoms with Crippen molar-refractivity contribution in [3.05, 3.63) is 53.9 Å². The van der Waals surface area contributed by atoms with E-state index in [0.29, 0.717) is 6.61 Å². The van der Waals surface area contributed by atoms with Gasteiger partial charge in [0, 0.05) is 44.3 Å². The number of ether oxygens (including phenoxy) is 1. The molecule has 1 fully saturated rings. The molecule has 1 atom stereocenters. The van der Waals surface area contributed by atoms with E-state index in [1.165, 1.54) is 11.3 Å². The van der Waals surface area contributed by atoms with Gasteiger partial charge in [-0.3, -0.25) is 9.78 Å². The molecule has 25 heavy (non-hydrogen) atoms. The minimum Gasteiger partial charge on any atom is -0.492 e. The molecule has 1 saturated heterocycles. The van der Waals surface area contributed by atoms with Crippen LogP contribution in [0.3, 0.4) is 0 Å². The molecule has 0 aliphatic carbocycles. The van der Waals surface area contributed by atoms with Crippen molar-refractivity contribution in [1.82, 2.24) is 9.88 Å². The molecule has 2 aliphatic heterocycles. The van der Waals surface area contributed by atoms with Crippen LogP contribution in [0.4, 0.5) is 5.69 Å². The van der Waals surface area contributed by atoms with Gasteiger partial charge in [0.1, 0.15) is 12.4 Å². The van der Waals surface area contributed by atoms with Crippen LogP contribution in [-0.2, 0) is 11.2 Å². The van der Waals surface area contributed by atoms with Gasteiger partial charge in [0.05, 0.1) is 5.92 Å². The molecule has 0 bridgehead atoms. The summed E-state index contributed by atoms with van der Waals surface area (Å²) in [6, 6.07) is 10.1. The molecule has 2 aromatic rings. The highest BCUT2D eigenvalue weighted by Crippen LogP contribution is 2.28. The Hall–Kier alpha value is -2.56. The molecule has 5 heteroatoms. The Labute approximate surface area is 148 Å². The van der Waals surface area contributed by atoms with E-state index in [0.717, 1.165) is 43.9 Å². The van der Waals surface area contributed by atoms with E-state index in [2.05, 4.69) is 28.9 Å². The summed E-state index contributed by atoms with van der Waals surface area (Å²) in [5.74, 6) is 1.08. The summed E-state index contributed by atoms with van der Waals surface area (Å²) >= 11 is 0. The first kappa shape index (κ1) is 15.9. The van der Waals surface area contributed by atoms with Crippen LogP contribution in [0.25, 0.3) is 0 Å². The number of hydrogen-bond donors (Lipinski definition) is 0. The van der Waals surface area contributed by atoms with Crippen LogP contribution in [0.5, 0.6) is 5.75 Å². The number of carbonyl (C=O) groups excluding carboxylic acids is 1. The van der Waals surface area contributed by atoms with E-state index >= 15 is 0 Å². The molecule has 1 unspecified atom stereocenters. The number of carbonyl (C=O) groups is 1. The van der Waals surface area contributed by atoms with Crippen molar-refractivity contribution in [3.63, 3.8) is 0 Å². The molecular weight excluding hydrogens is 314 g/mol. The second-order valence-corrected chi connectivity index (χ2v) is 6.79. The number of nitrogens with zero attached hydrogens (tertiary/aromatic N) is 3. The summed E-state index contributed by atoms with van der Waals surface area (Å²) < 4.78 is 5.79. The van der Waals surface area contributed by atoms with Gasteiger partial charge in [0.25, 0.3) is 0 Å². The summed E-state index contributed by atoms with van der Waals surface area (Å²) in [4.78, 5) is 21.4. The van der Waals surface area contributed by atoms with Crippen LogP contribution in [0.15, 0.2) is 42.7 Å². The molecule has 2 aliphatic rings. The SMILES string of the molecule is Cc1cnccc1N1CCN(C(=O)C2COc3ccccc3C2)CC1. The Balaban J connectivity index is 1.38. The minimum absolute atomic E-state index is 0.0656. The highest BCUT2D eigenvalue weighted by atomic mass is 16.5. The Bertz CT molecular complexity index is 769. The molecule has 1 amide bonds. The molecule has 4 rings (SSSR count). The van der Waals surface area contributed by atoms with Crippen LogP contribution in [0.1, 0.15) is 11.1 Å². The van der Waals surface area contributed by atoms with Crippen molar-refractivity contribution in [1.29, 1.82) is 0 Å². The maximum Gasteiger partial charge on any atom is 0.229 e. The lowest BCUT2D eigenvalue weighted by molar-refractivity contribution is -0.137.